The largest absolute Gasteiger partial charge is 0.316 e. The standard InChI is InChI=1S/C11H13N.ClH/c1-2-4-9(5-3-1)11-6-10(11)7-12-8-11;/h1-5,10,12H,6-8H2;1H/t10-,11+;/m1./s1. The first-order valence-corrected chi connectivity index (χ1v) is 4.68. The highest BCUT2D eigenvalue weighted by molar-refractivity contribution is 5.85. The van der Waals surface area contributed by atoms with Crippen molar-refractivity contribution < 1.29 is 0 Å². The molecule has 1 aliphatic heterocycles. The molecular formula is C11H14ClN. The number of rotatable bonds is 1. The van der Waals surface area contributed by atoms with Crippen LogP contribution in [-0.2, 0) is 5.41 Å². The summed E-state index contributed by atoms with van der Waals surface area (Å²) in [5, 5.41) is 3.46. The van der Waals surface area contributed by atoms with Gasteiger partial charge in [-0.25, -0.2) is 0 Å². The van der Waals surface area contributed by atoms with Crippen molar-refractivity contribution in [3.8, 4) is 0 Å². The minimum atomic E-state index is 0. The molecule has 1 aromatic carbocycles. The number of fused-ring (bicyclic) bond motifs is 1. The van der Waals surface area contributed by atoms with Crippen LogP contribution in [0.25, 0.3) is 0 Å². The molecule has 2 aliphatic rings. The third-order valence-corrected chi connectivity index (χ3v) is 3.41. The molecule has 2 fully saturated rings. The fourth-order valence-electron chi connectivity index (χ4n) is 2.56. The van der Waals surface area contributed by atoms with Gasteiger partial charge < -0.3 is 5.32 Å². The van der Waals surface area contributed by atoms with Gasteiger partial charge in [-0.3, -0.25) is 0 Å². The molecule has 1 saturated carbocycles. The normalized spacial score (nSPS) is 34.9. The van der Waals surface area contributed by atoms with Crippen molar-refractivity contribution in [3.63, 3.8) is 0 Å². The van der Waals surface area contributed by atoms with Gasteiger partial charge in [0.25, 0.3) is 0 Å². The summed E-state index contributed by atoms with van der Waals surface area (Å²) in [7, 11) is 0. The minimum Gasteiger partial charge on any atom is -0.316 e. The van der Waals surface area contributed by atoms with Crippen LogP contribution in [0.5, 0.6) is 0 Å². The molecule has 1 saturated heterocycles. The Kier molecular flexibility index (Phi) is 2.09. The zero-order chi connectivity index (χ0) is 8.02. The Bertz CT molecular complexity index is 298. The Hall–Kier alpha value is -0.530. The van der Waals surface area contributed by atoms with Crippen molar-refractivity contribution in [1.29, 1.82) is 0 Å². The zero-order valence-electron chi connectivity index (χ0n) is 7.49. The van der Waals surface area contributed by atoms with E-state index in [1.165, 1.54) is 19.5 Å². The van der Waals surface area contributed by atoms with E-state index in [9.17, 15) is 0 Å². The number of hydrogen-bond donors (Lipinski definition) is 1. The SMILES string of the molecule is Cl.c1ccc([C@]23CNC[C@H]2C3)cc1. The van der Waals surface area contributed by atoms with Crippen molar-refractivity contribution in [2.24, 2.45) is 5.92 Å². The summed E-state index contributed by atoms with van der Waals surface area (Å²) >= 11 is 0. The molecule has 70 valence electrons. The van der Waals surface area contributed by atoms with Crippen LogP contribution in [-0.4, -0.2) is 13.1 Å². The molecule has 0 radical (unpaired) electrons. The molecule has 13 heavy (non-hydrogen) atoms. The van der Waals surface area contributed by atoms with Crippen LogP contribution in [0.3, 0.4) is 0 Å². The summed E-state index contributed by atoms with van der Waals surface area (Å²) in [4.78, 5) is 0. The second kappa shape index (κ2) is 3.00. The van der Waals surface area contributed by atoms with Crippen LogP contribution >= 0.6 is 12.4 Å². The van der Waals surface area contributed by atoms with Gasteiger partial charge in [-0.05, 0) is 24.4 Å². The van der Waals surface area contributed by atoms with Gasteiger partial charge in [-0.1, -0.05) is 30.3 Å². The Balaban J connectivity index is 0.000000653. The van der Waals surface area contributed by atoms with Gasteiger partial charge in [0, 0.05) is 12.0 Å². The summed E-state index contributed by atoms with van der Waals surface area (Å²) in [5.41, 5.74) is 2.08. The predicted octanol–water partition coefficient (Wildman–Crippen LogP) is 1.97. The maximum atomic E-state index is 3.46. The van der Waals surface area contributed by atoms with Crippen molar-refractivity contribution in [3.05, 3.63) is 35.9 Å². The molecule has 2 heteroatoms. The summed E-state index contributed by atoms with van der Waals surface area (Å²) in [6.45, 7) is 2.43. The van der Waals surface area contributed by atoms with Gasteiger partial charge in [-0.15, -0.1) is 12.4 Å². The minimum absolute atomic E-state index is 0. The molecule has 0 amide bonds. The van der Waals surface area contributed by atoms with E-state index in [0.29, 0.717) is 5.41 Å². The maximum absolute atomic E-state index is 3.46. The molecular weight excluding hydrogens is 182 g/mol. The molecule has 0 spiro atoms. The van der Waals surface area contributed by atoms with Gasteiger partial charge in [0.15, 0.2) is 0 Å². The molecule has 0 aromatic heterocycles. The van der Waals surface area contributed by atoms with E-state index in [1.807, 2.05) is 0 Å². The van der Waals surface area contributed by atoms with Crippen LogP contribution < -0.4 is 5.32 Å². The molecule has 2 atom stereocenters. The number of halogens is 1. The summed E-state index contributed by atoms with van der Waals surface area (Å²) in [5.74, 6) is 0.930. The van der Waals surface area contributed by atoms with E-state index in [4.69, 9.17) is 0 Å². The van der Waals surface area contributed by atoms with E-state index < -0.39 is 0 Å². The quantitative estimate of drug-likeness (QED) is 0.723. The monoisotopic (exact) mass is 195 g/mol. The number of nitrogens with one attached hydrogen (secondary N) is 1. The fourth-order valence-corrected chi connectivity index (χ4v) is 2.56. The molecule has 1 aromatic rings. The number of piperidine rings is 1. The third-order valence-electron chi connectivity index (χ3n) is 3.41. The van der Waals surface area contributed by atoms with Crippen molar-refractivity contribution in [2.75, 3.05) is 13.1 Å². The first-order chi connectivity index (χ1) is 5.92. The summed E-state index contributed by atoms with van der Waals surface area (Å²) < 4.78 is 0. The summed E-state index contributed by atoms with van der Waals surface area (Å²) in [6.07, 6.45) is 1.41. The lowest BCUT2D eigenvalue weighted by Crippen LogP contribution is -2.18. The number of hydrogen-bond acceptors (Lipinski definition) is 1. The fraction of sp³-hybridized carbons (Fsp3) is 0.455. The second-order valence-corrected chi connectivity index (χ2v) is 4.05. The maximum Gasteiger partial charge on any atom is 0.0122 e. The lowest BCUT2D eigenvalue weighted by Gasteiger charge is -2.10. The lowest BCUT2D eigenvalue weighted by atomic mass is 9.95. The average Bonchev–Trinajstić information content (AvgIpc) is 2.72. The van der Waals surface area contributed by atoms with Gasteiger partial charge >= 0.3 is 0 Å². The highest BCUT2D eigenvalue weighted by atomic mass is 35.5. The first kappa shape index (κ1) is 9.04. The van der Waals surface area contributed by atoms with Gasteiger partial charge in [0.1, 0.15) is 0 Å². The van der Waals surface area contributed by atoms with Gasteiger partial charge in [0.2, 0.25) is 0 Å². The first-order valence-electron chi connectivity index (χ1n) is 4.68. The average molecular weight is 196 g/mol. The van der Waals surface area contributed by atoms with E-state index in [1.54, 1.807) is 5.56 Å². The Morgan fingerprint density at radius 1 is 1.23 bits per heavy atom. The van der Waals surface area contributed by atoms with Gasteiger partial charge in [0.05, 0.1) is 0 Å². The van der Waals surface area contributed by atoms with Crippen molar-refractivity contribution >= 4 is 12.4 Å². The Morgan fingerprint density at radius 2 is 2.00 bits per heavy atom. The van der Waals surface area contributed by atoms with Crippen LogP contribution in [0.4, 0.5) is 0 Å². The van der Waals surface area contributed by atoms with Crippen LogP contribution in [0.15, 0.2) is 30.3 Å². The molecule has 1 nitrogen and oxygen atoms in total. The highest BCUT2D eigenvalue weighted by Gasteiger charge is 2.57. The van der Waals surface area contributed by atoms with Crippen LogP contribution in [0, 0.1) is 5.92 Å². The van der Waals surface area contributed by atoms with Crippen LogP contribution in [0.2, 0.25) is 0 Å². The number of benzene rings is 1. The Labute approximate surface area is 84.9 Å². The molecule has 0 bridgehead atoms. The smallest absolute Gasteiger partial charge is 0.0122 e. The van der Waals surface area contributed by atoms with Crippen LogP contribution in [0.1, 0.15) is 12.0 Å². The van der Waals surface area contributed by atoms with Crippen molar-refractivity contribution in [1.82, 2.24) is 5.32 Å². The second-order valence-electron chi connectivity index (χ2n) is 4.05. The molecule has 0 unspecified atom stereocenters. The molecule has 1 N–H and O–H groups in total. The van der Waals surface area contributed by atoms with Crippen molar-refractivity contribution in [2.45, 2.75) is 11.8 Å². The predicted molar refractivity (Wildman–Crippen MR) is 56.3 cm³/mol. The molecule has 1 heterocycles. The third kappa shape index (κ3) is 1.18. The zero-order valence-corrected chi connectivity index (χ0v) is 8.31. The molecule has 3 rings (SSSR count). The van der Waals surface area contributed by atoms with E-state index in [2.05, 4.69) is 35.6 Å². The van der Waals surface area contributed by atoms with E-state index in [-0.39, 0.29) is 12.4 Å². The topological polar surface area (TPSA) is 12.0 Å². The lowest BCUT2D eigenvalue weighted by molar-refractivity contribution is 0.675. The van der Waals surface area contributed by atoms with E-state index in [0.717, 1.165) is 5.92 Å². The highest BCUT2D eigenvalue weighted by Crippen LogP contribution is 2.56. The van der Waals surface area contributed by atoms with E-state index >= 15 is 0 Å². The summed E-state index contributed by atoms with van der Waals surface area (Å²) in [6, 6.07) is 10.9. The molecule has 1 aliphatic carbocycles. The Morgan fingerprint density at radius 3 is 2.54 bits per heavy atom. The van der Waals surface area contributed by atoms with Gasteiger partial charge in [-0.2, -0.15) is 0 Å².